The number of ether oxygens (including phenoxy) is 1. The molecule has 0 bridgehead atoms. The molecule has 0 spiro atoms. The number of anilines is 1. The topological polar surface area (TPSA) is 156 Å². The van der Waals surface area contributed by atoms with Crippen LogP contribution in [0.3, 0.4) is 0 Å². The van der Waals surface area contributed by atoms with Crippen LogP contribution in [-0.2, 0) is 0 Å². The molecule has 0 aliphatic heterocycles. The summed E-state index contributed by atoms with van der Waals surface area (Å²) in [5.41, 5.74) is 5.48. The number of aromatic nitrogens is 1. The zero-order valence-corrected chi connectivity index (χ0v) is 14.5. The number of hydrogen-bond acceptors (Lipinski definition) is 7. The van der Waals surface area contributed by atoms with Crippen molar-refractivity contribution in [1.29, 1.82) is 10.5 Å². The highest BCUT2D eigenvalue weighted by Gasteiger charge is 2.27. The molecule has 0 atom stereocenters. The number of nitrogens with zero attached hydrogens (tertiary/aromatic N) is 2. The number of nitrogens with one attached hydrogen (secondary N) is 1. The Kier molecular flexibility index (Phi) is 5.37. The second-order valence-electron chi connectivity index (χ2n) is 5.99. The minimum atomic E-state index is -1.85. The number of benzene rings is 1. The highest BCUT2D eigenvalue weighted by atomic mass is 16.5. The van der Waals surface area contributed by atoms with Gasteiger partial charge < -0.3 is 25.5 Å². The van der Waals surface area contributed by atoms with Gasteiger partial charge in [-0.15, -0.1) is 0 Å². The van der Waals surface area contributed by atoms with Gasteiger partial charge in [0.2, 0.25) is 0 Å². The van der Waals surface area contributed by atoms with E-state index in [1.165, 1.54) is 6.07 Å². The van der Waals surface area contributed by atoms with Gasteiger partial charge in [0.1, 0.15) is 34.8 Å². The number of nitrogen functional groups attached to an aromatic ring is 1. The minimum absolute atomic E-state index is 0.00231. The van der Waals surface area contributed by atoms with Crippen LogP contribution in [0.4, 0.5) is 5.82 Å². The molecular formula is C17H17BN4O4. The van der Waals surface area contributed by atoms with Crippen LogP contribution in [0.5, 0.6) is 5.75 Å². The Morgan fingerprint density at radius 3 is 2.35 bits per heavy atom. The predicted octanol–water partition coefficient (Wildman–Crippen LogP) is 0.143. The molecule has 1 heterocycles. The first-order valence-corrected chi connectivity index (χ1v) is 7.74. The third kappa shape index (κ3) is 3.40. The number of nitriles is 2. The maximum absolute atomic E-state index is 12.2. The normalized spacial score (nSPS) is 10.3. The Hall–Kier alpha value is -3.27. The lowest BCUT2D eigenvalue weighted by molar-refractivity contribution is 0.244. The van der Waals surface area contributed by atoms with Crippen molar-refractivity contribution in [3.05, 3.63) is 39.2 Å². The lowest BCUT2D eigenvalue weighted by Gasteiger charge is -2.20. The first kappa shape index (κ1) is 19.1. The third-order valence-corrected chi connectivity index (χ3v) is 3.63. The molecule has 0 saturated carbocycles. The van der Waals surface area contributed by atoms with E-state index in [4.69, 9.17) is 10.5 Å². The van der Waals surface area contributed by atoms with Crippen molar-refractivity contribution >= 4 is 18.4 Å². The average molecular weight is 352 g/mol. The predicted molar refractivity (Wildman–Crippen MR) is 96.7 cm³/mol. The van der Waals surface area contributed by atoms with Gasteiger partial charge in [-0.25, -0.2) is 0 Å². The lowest BCUT2D eigenvalue weighted by Crippen LogP contribution is -2.33. The average Bonchev–Trinajstić information content (AvgIpc) is 2.54. The van der Waals surface area contributed by atoms with Crippen LogP contribution in [0.25, 0.3) is 11.1 Å². The van der Waals surface area contributed by atoms with Crippen molar-refractivity contribution in [2.24, 2.45) is 0 Å². The van der Waals surface area contributed by atoms with Crippen molar-refractivity contribution in [3.8, 4) is 29.0 Å². The van der Waals surface area contributed by atoms with Gasteiger partial charge in [-0.3, -0.25) is 4.79 Å². The molecule has 2 aromatic rings. The summed E-state index contributed by atoms with van der Waals surface area (Å²) in [5.74, 6) is -0.117. The summed E-state index contributed by atoms with van der Waals surface area (Å²) in [4.78, 5) is 14.4. The number of pyridine rings is 1. The van der Waals surface area contributed by atoms with Crippen LogP contribution >= 0.6 is 0 Å². The van der Waals surface area contributed by atoms with Gasteiger partial charge in [0.25, 0.3) is 5.56 Å². The number of hydrogen-bond donors (Lipinski definition) is 4. The van der Waals surface area contributed by atoms with E-state index < -0.39 is 12.7 Å². The summed E-state index contributed by atoms with van der Waals surface area (Å²) < 4.78 is 5.73. The molecule has 0 amide bonds. The van der Waals surface area contributed by atoms with E-state index in [0.29, 0.717) is 5.56 Å². The third-order valence-electron chi connectivity index (χ3n) is 3.63. The lowest BCUT2D eigenvalue weighted by atomic mass is 9.76. The van der Waals surface area contributed by atoms with Gasteiger partial charge in [-0.05, 0) is 26.8 Å². The van der Waals surface area contributed by atoms with Gasteiger partial charge in [-0.1, -0.05) is 11.6 Å². The number of rotatable bonds is 4. The molecule has 1 aromatic heterocycles. The molecular weight excluding hydrogens is 335 g/mol. The fourth-order valence-electron chi connectivity index (χ4n) is 2.66. The fraction of sp³-hybridized carbons (Fsp3) is 0.235. The molecule has 0 saturated heterocycles. The van der Waals surface area contributed by atoms with E-state index in [2.05, 4.69) is 4.98 Å². The van der Waals surface area contributed by atoms with E-state index >= 15 is 0 Å². The molecule has 5 N–H and O–H groups in total. The van der Waals surface area contributed by atoms with Gasteiger partial charge in [-0.2, -0.15) is 10.5 Å². The number of aromatic amines is 1. The summed E-state index contributed by atoms with van der Waals surface area (Å²) in [5, 5.41) is 38.4. The smallest absolute Gasteiger partial charge is 0.491 e. The Morgan fingerprint density at radius 1 is 1.23 bits per heavy atom. The summed E-state index contributed by atoms with van der Waals surface area (Å²) in [6.45, 7) is 5.17. The van der Waals surface area contributed by atoms with Crippen LogP contribution in [-0.4, -0.2) is 28.3 Å². The molecule has 26 heavy (non-hydrogen) atoms. The Morgan fingerprint density at radius 2 is 1.85 bits per heavy atom. The molecule has 0 radical (unpaired) electrons. The SMILES string of the molecule is Cc1cc(B(O)O)c(OC(C)C)c(-c2c(C#N)c(N)[nH]c(=O)c2C#N)c1. The van der Waals surface area contributed by atoms with Crippen molar-refractivity contribution in [3.63, 3.8) is 0 Å². The molecule has 8 nitrogen and oxygen atoms in total. The molecule has 0 aliphatic rings. The van der Waals surface area contributed by atoms with Gasteiger partial charge in [0, 0.05) is 16.6 Å². The monoisotopic (exact) mass is 352 g/mol. The molecule has 0 unspecified atom stereocenters. The van der Waals surface area contributed by atoms with E-state index in [0.717, 1.165) is 0 Å². The second-order valence-corrected chi connectivity index (χ2v) is 5.99. The van der Waals surface area contributed by atoms with Crippen molar-refractivity contribution in [2.75, 3.05) is 5.73 Å². The zero-order valence-electron chi connectivity index (χ0n) is 14.5. The molecule has 132 valence electrons. The Labute approximate surface area is 150 Å². The van der Waals surface area contributed by atoms with E-state index in [-0.39, 0.29) is 45.4 Å². The van der Waals surface area contributed by atoms with Crippen LogP contribution in [0.15, 0.2) is 16.9 Å². The maximum Gasteiger partial charge on any atom is 0.492 e. The standard InChI is InChI=1S/C17H17BN4O4/c1-8(2)26-15-10(4-9(3)5-13(15)18(24)25)14-11(6-19)16(21)22-17(23)12(14)7-20/h4-5,8,24-25H,1-3H3,(H3,21,22,23). The van der Waals surface area contributed by atoms with Crippen molar-refractivity contribution in [2.45, 2.75) is 26.9 Å². The molecule has 1 aromatic carbocycles. The highest BCUT2D eigenvalue weighted by molar-refractivity contribution is 6.60. The summed E-state index contributed by atoms with van der Waals surface area (Å²) >= 11 is 0. The fourth-order valence-corrected chi connectivity index (χ4v) is 2.66. The van der Waals surface area contributed by atoms with Gasteiger partial charge in [0.15, 0.2) is 0 Å². The van der Waals surface area contributed by atoms with Gasteiger partial charge in [0.05, 0.1) is 6.10 Å². The van der Waals surface area contributed by atoms with Crippen molar-refractivity contribution < 1.29 is 14.8 Å². The number of aryl methyl sites for hydroxylation is 1. The molecule has 0 aliphatic carbocycles. The Bertz CT molecular complexity index is 1000. The number of nitrogens with two attached hydrogens (primary N) is 1. The number of H-pyrrole nitrogens is 1. The molecule has 0 fully saturated rings. The highest BCUT2D eigenvalue weighted by Crippen LogP contribution is 2.35. The second kappa shape index (κ2) is 7.32. The summed E-state index contributed by atoms with van der Waals surface area (Å²) in [7, 11) is -1.85. The zero-order chi connectivity index (χ0) is 19.6. The minimum Gasteiger partial charge on any atom is -0.491 e. The maximum atomic E-state index is 12.2. The quantitative estimate of drug-likeness (QED) is 0.570. The first-order chi connectivity index (χ1) is 12.2. The molecule has 2 rings (SSSR count). The summed E-state index contributed by atoms with van der Waals surface area (Å²) in [6.07, 6.45) is -0.343. The van der Waals surface area contributed by atoms with Crippen LogP contribution in [0, 0.1) is 29.6 Å². The van der Waals surface area contributed by atoms with E-state index in [1.54, 1.807) is 32.9 Å². The van der Waals surface area contributed by atoms with Crippen LogP contribution in [0.2, 0.25) is 0 Å². The van der Waals surface area contributed by atoms with E-state index in [9.17, 15) is 25.4 Å². The van der Waals surface area contributed by atoms with Crippen LogP contribution in [0.1, 0.15) is 30.5 Å². The largest absolute Gasteiger partial charge is 0.492 e. The van der Waals surface area contributed by atoms with Crippen LogP contribution < -0.4 is 21.5 Å². The van der Waals surface area contributed by atoms with Gasteiger partial charge >= 0.3 is 7.12 Å². The molecule has 9 heteroatoms. The summed E-state index contributed by atoms with van der Waals surface area (Å²) in [6, 6.07) is 6.78. The van der Waals surface area contributed by atoms with E-state index in [1.807, 2.05) is 6.07 Å². The Balaban J connectivity index is 3.05. The van der Waals surface area contributed by atoms with Crippen molar-refractivity contribution in [1.82, 2.24) is 4.98 Å². The first-order valence-electron chi connectivity index (χ1n) is 7.74.